The van der Waals surface area contributed by atoms with Gasteiger partial charge in [-0.2, -0.15) is 0 Å². The third-order valence-electron chi connectivity index (χ3n) is 2.82. The summed E-state index contributed by atoms with van der Waals surface area (Å²) in [5, 5.41) is 5.87. The van der Waals surface area contributed by atoms with Crippen LogP contribution in [0.5, 0.6) is 0 Å². The summed E-state index contributed by atoms with van der Waals surface area (Å²) >= 11 is 7.93. The second-order valence-electron chi connectivity index (χ2n) is 4.20. The zero-order valence-electron chi connectivity index (χ0n) is 11.1. The Labute approximate surface area is 141 Å². The second-order valence-corrected chi connectivity index (χ2v) is 5.80. The van der Waals surface area contributed by atoms with E-state index in [2.05, 4.69) is 10.6 Å². The Morgan fingerprint density at radius 2 is 1.76 bits per heavy atom. The van der Waals surface area contributed by atoms with Crippen LogP contribution in [0.3, 0.4) is 0 Å². The van der Waals surface area contributed by atoms with Crippen LogP contribution in [0.25, 0.3) is 0 Å². The van der Waals surface area contributed by atoms with Crippen molar-refractivity contribution in [2.45, 2.75) is 0 Å². The smallest absolute Gasteiger partial charge is 0.256 e. The van der Waals surface area contributed by atoms with Crippen LogP contribution >= 0.6 is 34.2 Å². The minimum atomic E-state index is -0.285. The van der Waals surface area contributed by atoms with Crippen molar-refractivity contribution in [3.63, 3.8) is 0 Å². The Bertz CT molecular complexity index is 704. The van der Waals surface area contributed by atoms with E-state index in [9.17, 15) is 9.59 Å². The summed E-state index contributed by atoms with van der Waals surface area (Å²) in [5.74, 6) is -0.538. The molecule has 0 fully saturated rings. The molecule has 2 N–H and O–H groups in total. The highest BCUT2D eigenvalue weighted by molar-refractivity contribution is 14.1. The zero-order chi connectivity index (χ0) is 15.4. The first kappa shape index (κ1) is 15.8. The Balaban J connectivity index is 2.30. The molecular weight excluding hydrogens is 403 g/mol. The van der Waals surface area contributed by atoms with Crippen LogP contribution in [0.2, 0.25) is 5.02 Å². The molecule has 0 atom stereocenters. The summed E-state index contributed by atoms with van der Waals surface area (Å²) in [5.41, 5.74) is 1.39. The Kier molecular flexibility index (Phi) is 5.19. The topological polar surface area (TPSA) is 58.2 Å². The first-order chi connectivity index (χ1) is 10.0. The largest absolute Gasteiger partial charge is 0.355 e. The van der Waals surface area contributed by atoms with Gasteiger partial charge in [0.25, 0.3) is 11.8 Å². The van der Waals surface area contributed by atoms with E-state index < -0.39 is 0 Å². The summed E-state index contributed by atoms with van der Waals surface area (Å²) in [6, 6.07) is 11.9. The molecule has 2 aromatic carbocycles. The minimum absolute atomic E-state index is 0.253. The molecule has 0 bridgehead atoms. The van der Waals surface area contributed by atoms with E-state index >= 15 is 0 Å². The molecule has 0 heterocycles. The molecule has 21 heavy (non-hydrogen) atoms. The van der Waals surface area contributed by atoms with Gasteiger partial charge in [-0.1, -0.05) is 23.7 Å². The van der Waals surface area contributed by atoms with Crippen LogP contribution in [-0.2, 0) is 0 Å². The van der Waals surface area contributed by atoms with Gasteiger partial charge < -0.3 is 10.6 Å². The third kappa shape index (κ3) is 3.74. The molecule has 108 valence electrons. The van der Waals surface area contributed by atoms with Gasteiger partial charge in [-0.3, -0.25) is 9.59 Å². The normalized spacial score (nSPS) is 10.0. The number of hydrogen-bond acceptors (Lipinski definition) is 2. The fourth-order valence-electron chi connectivity index (χ4n) is 1.79. The molecule has 0 radical (unpaired) electrons. The van der Waals surface area contributed by atoms with Crippen molar-refractivity contribution in [3.05, 3.63) is 62.2 Å². The molecule has 0 saturated heterocycles. The summed E-state index contributed by atoms with van der Waals surface area (Å²) in [6.07, 6.45) is 0. The van der Waals surface area contributed by atoms with Crippen molar-refractivity contribution in [1.82, 2.24) is 5.32 Å². The van der Waals surface area contributed by atoms with E-state index in [1.165, 1.54) is 0 Å². The van der Waals surface area contributed by atoms with Gasteiger partial charge in [0, 0.05) is 15.6 Å². The lowest BCUT2D eigenvalue weighted by atomic mass is 10.1. The van der Waals surface area contributed by atoms with Crippen LogP contribution in [-0.4, -0.2) is 18.9 Å². The van der Waals surface area contributed by atoms with E-state index in [1.807, 2.05) is 22.6 Å². The number of carbonyl (C=O) groups is 2. The van der Waals surface area contributed by atoms with Crippen molar-refractivity contribution in [3.8, 4) is 0 Å². The number of rotatable bonds is 3. The monoisotopic (exact) mass is 414 g/mol. The quantitative estimate of drug-likeness (QED) is 0.755. The third-order valence-corrected chi connectivity index (χ3v) is 3.95. The van der Waals surface area contributed by atoms with E-state index in [0.29, 0.717) is 21.8 Å². The molecule has 0 spiro atoms. The molecule has 2 aromatic rings. The van der Waals surface area contributed by atoms with E-state index in [4.69, 9.17) is 11.6 Å². The molecule has 6 heteroatoms. The molecule has 0 aliphatic rings. The zero-order valence-corrected chi connectivity index (χ0v) is 14.0. The number of amides is 2. The number of anilines is 1. The fraction of sp³-hybridized carbons (Fsp3) is 0.0667. The lowest BCUT2D eigenvalue weighted by molar-refractivity contribution is 0.0964. The van der Waals surface area contributed by atoms with E-state index in [-0.39, 0.29) is 11.8 Å². The van der Waals surface area contributed by atoms with Crippen LogP contribution in [0.4, 0.5) is 5.69 Å². The number of halogens is 2. The Morgan fingerprint density at radius 1 is 1.05 bits per heavy atom. The van der Waals surface area contributed by atoms with Crippen LogP contribution in [0.15, 0.2) is 42.5 Å². The van der Waals surface area contributed by atoms with Gasteiger partial charge in [0.1, 0.15) is 0 Å². The lowest BCUT2D eigenvalue weighted by Gasteiger charge is -2.11. The van der Waals surface area contributed by atoms with Gasteiger partial charge in [-0.05, 0) is 52.9 Å². The Morgan fingerprint density at radius 3 is 2.43 bits per heavy atom. The number of carbonyl (C=O) groups excluding carboxylic acids is 2. The molecule has 0 unspecified atom stereocenters. The highest BCUT2D eigenvalue weighted by atomic mass is 127. The maximum atomic E-state index is 12.3. The van der Waals surface area contributed by atoms with Crippen molar-refractivity contribution in [2.24, 2.45) is 0 Å². The molecule has 4 nitrogen and oxygen atoms in total. The molecule has 0 saturated carbocycles. The summed E-state index contributed by atoms with van der Waals surface area (Å²) in [4.78, 5) is 24.1. The van der Waals surface area contributed by atoms with Crippen molar-refractivity contribution < 1.29 is 9.59 Å². The maximum absolute atomic E-state index is 12.3. The first-order valence-corrected chi connectivity index (χ1v) is 7.56. The average Bonchev–Trinajstić information content (AvgIpc) is 2.46. The fourth-order valence-corrected chi connectivity index (χ4v) is 2.90. The van der Waals surface area contributed by atoms with Crippen LogP contribution in [0, 0.1) is 3.57 Å². The van der Waals surface area contributed by atoms with Gasteiger partial charge in [0.15, 0.2) is 0 Å². The molecule has 0 aliphatic heterocycles. The van der Waals surface area contributed by atoms with Gasteiger partial charge in [0.2, 0.25) is 0 Å². The van der Waals surface area contributed by atoms with Crippen LogP contribution in [0.1, 0.15) is 20.7 Å². The van der Waals surface area contributed by atoms with Gasteiger partial charge in [-0.15, -0.1) is 0 Å². The predicted octanol–water partition coefficient (Wildman–Crippen LogP) is 3.56. The average molecular weight is 415 g/mol. The van der Waals surface area contributed by atoms with Crippen molar-refractivity contribution in [2.75, 3.05) is 12.4 Å². The highest BCUT2D eigenvalue weighted by Crippen LogP contribution is 2.21. The molecule has 2 amide bonds. The Hall–Kier alpha value is -1.60. The van der Waals surface area contributed by atoms with E-state index in [1.54, 1.807) is 49.5 Å². The van der Waals surface area contributed by atoms with Gasteiger partial charge in [-0.25, -0.2) is 0 Å². The highest BCUT2D eigenvalue weighted by Gasteiger charge is 2.14. The number of para-hydroxylation sites is 1. The molecule has 0 aromatic heterocycles. The maximum Gasteiger partial charge on any atom is 0.256 e. The summed E-state index contributed by atoms with van der Waals surface area (Å²) in [7, 11) is 1.54. The lowest BCUT2D eigenvalue weighted by Crippen LogP contribution is -2.21. The SMILES string of the molecule is CNC(=O)c1ccccc1NC(=O)c1ccc(Cl)cc1I. The molecule has 0 aliphatic carbocycles. The van der Waals surface area contributed by atoms with Gasteiger partial charge in [0.05, 0.1) is 16.8 Å². The number of benzene rings is 2. The standard InChI is InChI=1S/C15H12ClIN2O2/c1-18-14(20)11-4-2-3-5-13(11)19-15(21)10-7-6-9(16)8-12(10)17/h2-8H,1H3,(H,18,20)(H,19,21). The second kappa shape index (κ2) is 6.91. The van der Waals surface area contributed by atoms with E-state index in [0.717, 1.165) is 3.57 Å². The molecule has 2 rings (SSSR count). The summed E-state index contributed by atoms with van der Waals surface area (Å²) in [6.45, 7) is 0. The summed E-state index contributed by atoms with van der Waals surface area (Å²) < 4.78 is 0.745. The van der Waals surface area contributed by atoms with Gasteiger partial charge >= 0.3 is 0 Å². The predicted molar refractivity (Wildman–Crippen MR) is 92.0 cm³/mol. The van der Waals surface area contributed by atoms with Crippen molar-refractivity contribution in [1.29, 1.82) is 0 Å². The number of nitrogens with one attached hydrogen (secondary N) is 2. The number of hydrogen-bond donors (Lipinski definition) is 2. The van der Waals surface area contributed by atoms with Crippen LogP contribution < -0.4 is 10.6 Å². The molecular formula is C15H12ClIN2O2. The van der Waals surface area contributed by atoms with Crippen molar-refractivity contribution >= 4 is 51.7 Å². The first-order valence-electron chi connectivity index (χ1n) is 6.10. The minimum Gasteiger partial charge on any atom is -0.355 e.